The third-order valence-electron chi connectivity index (χ3n) is 2.63. The third-order valence-corrected chi connectivity index (χ3v) is 2.63. The molecule has 1 N–H and O–H groups in total. The summed E-state index contributed by atoms with van der Waals surface area (Å²) in [6.45, 7) is 5.14. The van der Waals surface area contributed by atoms with Crippen molar-refractivity contribution in [2.75, 3.05) is 26.2 Å². The first kappa shape index (κ1) is 10.3. The van der Waals surface area contributed by atoms with Crippen LogP contribution in [0.1, 0.15) is 5.56 Å². The van der Waals surface area contributed by atoms with E-state index in [4.69, 9.17) is 0 Å². The molecule has 1 aromatic carbocycles. The maximum Gasteiger partial charge on any atom is 0.108 e. The van der Waals surface area contributed by atoms with E-state index in [0.717, 1.165) is 38.3 Å². The van der Waals surface area contributed by atoms with Gasteiger partial charge in [0.1, 0.15) is 5.69 Å². The summed E-state index contributed by atoms with van der Waals surface area (Å²) in [5, 5.41) is 6.26. The van der Waals surface area contributed by atoms with Crippen LogP contribution in [0, 0.1) is 4.91 Å². The van der Waals surface area contributed by atoms with Crippen LogP contribution < -0.4 is 5.32 Å². The molecule has 1 saturated heterocycles. The summed E-state index contributed by atoms with van der Waals surface area (Å²) in [6.07, 6.45) is 0. The lowest BCUT2D eigenvalue weighted by atomic mass is 10.2. The summed E-state index contributed by atoms with van der Waals surface area (Å²) in [5.74, 6) is 0. The van der Waals surface area contributed by atoms with E-state index in [2.05, 4.69) is 15.4 Å². The smallest absolute Gasteiger partial charge is 0.108 e. The first-order valence-corrected chi connectivity index (χ1v) is 5.24. The van der Waals surface area contributed by atoms with Crippen LogP contribution in [0.5, 0.6) is 0 Å². The number of hydrogen-bond acceptors (Lipinski definition) is 4. The minimum Gasteiger partial charge on any atom is -0.314 e. The van der Waals surface area contributed by atoms with E-state index in [1.165, 1.54) is 0 Å². The number of hydrogen-bond donors (Lipinski definition) is 1. The van der Waals surface area contributed by atoms with Crippen LogP contribution in [-0.4, -0.2) is 31.1 Å². The number of piperazine rings is 1. The molecule has 0 unspecified atom stereocenters. The van der Waals surface area contributed by atoms with E-state index < -0.39 is 0 Å². The van der Waals surface area contributed by atoms with Gasteiger partial charge in [0.05, 0.1) is 0 Å². The van der Waals surface area contributed by atoms with Crippen LogP contribution in [0.2, 0.25) is 0 Å². The van der Waals surface area contributed by atoms with Crippen molar-refractivity contribution < 1.29 is 0 Å². The molecular formula is C11H15N3O. The second-order valence-corrected chi connectivity index (χ2v) is 3.79. The van der Waals surface area contributed by atoms with E-state index >= 15 is 0 Å². The van der Waals surface area contributed by atoms with Gasteiger partial charge in [-0.15, -0.1) is 4.91 Å². The average molecular weight is 205 g/mol. The molecular weight excluding hydrogens is 190 g/mol. The summed E-state index contributed by atoms with van der Waals surface area (Å²) in [5.41, 5.74) is 1.68. The largest absolute Gasteiger partial charge is 0.314 e. The van der Waals surface area contributed by atoms with E-state index in [1.807, 2.05) is 18.2 Å². The van der Waals surface area contributed by atoms with Gasteiger partial charge in [-0.2, -0.15) is 0 Å². The summed E-state index contributed by atoms with van der Waals surface area (Å²) in [7, 11) is 0. The van der Waals surface area contributed by atoms with Crippen molar-refractivity contribution in [1.29, 1.82) is 0 Å². The van der Waals surface area contributed by atoms with Crippen molar-refractivity contribution >= 4 is 5.69 Å². The molecule has 0 radical (unpaired) electrons. The van der Waals surface area contributed by atoms with Crippen LogP contribution in [0.15, 0.2) is 29.4 Å². The number of nitrogens with one attached hydrogen (secondary N) is 1. The topological polar surface area (TPSA) is 44.7 Å². The second kappa shape index (κ2) is 5.00. The monoisotopic (exact) mass is 205 g/mol. The van der Waals surface area contributed by atoms with Crippen molar-refractivity contribution in [3.63, 3.8) is 0 Å². The zero-order valence-corrected chi connectivity index (χ0v) is 8.65. The molecule has 0 atom stereocenters. The van der Waals surface area contributed by atoms with Gasteiger partial charge in [0, 0.05) is 32.7 Å². The molecule has 0 aliphatic carbocycles. The Morgan fingerprint density at radius 3 is 2.87 bits per heavy atom. The van der Waals surface area contributed by atoms with Gasteiger partial charge in [-0.1, -0.05) is 12.1 Å². The van der Waals surface area contributed by atoms with Crippen LogP contribution >= 0.6 is 0 Å². The standard InChI is InChI=1S/C11H15N3O/c15-13-11-3-1-2-10(8-11)9-14-6-4-12-5-7-14/h1-3,8,12H,4-7,9H2. The Bertz CT molecular complexity index is 334. The molecule has 0 bridgehead atoms. The van der Waals surface area contributed by atoms with Crippen LogP contribution in [0.3, 0.4) is 0 Å². The fourth-order valence-corrected chi connectivity index (χ4v) is 1.84. The van der Waals surface area contributed by atoms with Crippen molar-refractivity contribution in [3.05, 3.63) is 34.7 Å². The molecule has 1 aromatic rings. The molecule has 1 aliphatic heterocycles. The molecule has 1 heterocycles. The first-order valence-electron chi connectivity index (χ1n) is 5.24. The normalized spacial score (nSPS) is 17.6. The lowest BCUT2D eigenvalue weighted by molar-refractivity contribution is 0.233. The van der Waals surface area contributed by atoms with Crippen molar-refractivity contribution in [3.8, 4) is 0 Å². The third kappa shape index (κ3) is 2.84. The predicted molar refractivity (Wildman–Crippen MR) is 60.0 cm³/mol. The van der Waals surface area contributed by atoms with Crippen molar-refractivity contribution in [2.24, 2.45) is 5.18 Å². The highest BCUT2D eigenvalue weighted by Crippen LogP contribution is 2.15. The van der Waals surface area contributed by atoms with Gasteiger partial charge < -0.3 is 5.32 Å². The molecule has 1 fully saturated rings. The zero-order chi connectivity index (χ0) is 10.5. The Kier molecular flexibility index (Phi) is 3.42. The van der Waals surface area contributed by atoms with E-state index in [1.54, 1.807) is 6.07 Å². The molecule has 15 heavy (non-hydrogen) atoms. The molecule has 0 saturated carbocycles. The minimum atomic E-state index is 0.516. The number of rotatable bonds is 3. The number of nitrogens with zero attached hydrogens (tertiary/aromatic N) is 2. The highest BCUT2D eigenvalue weighted by molar-refractivity contribution is 5.39. The molecule has 4 heteroatoms. The van der Waals surface area contributed by atoms with Gasteiger partial charge in [-0.05, 0) is 22.9 Å². The highest BCUT2D eigenvalue weighted by Gasteiger charge is 2.09. The Morgan fingerprint density at radius 2 is 2.13 bits per heavy atom. The van der Waals surface area contributed by atoms with Gasteiger partial charge in [0.2, 0.25) is 0 Å². The van der Waals surface area contributed by atoms with Crippen molar-refractivity contribution in [1.82, 2.24) is 10.2 Å². The maximum atomic E-state index is 10.4. The van der Waals surface area contributed by atoms with Crippen LogP contribution in [0.25, 0.3) is 0 Å². The Balaban J connectivity index is 1.99. The highest BCUT2D eigenvalue weighted by atomic mass is 16.3. The summed E-state index contributed by atoms with van der Waals surface area (Å²) in [6, 6.07) is 7.51. The molecule has 80 valence electrons. The van der Waals surface area contributed by atoms with Crippen LogP contribution in [-0.2, 0) is 6.54 Å². The lowest BCUT2D eigenvalue weighted by Crippen LogP contribution is -2.42. The SMILES string of the molecule is O=Nc1cccc(CN2CCNCC2)c1. The number of nitroso groups, excluding NO2 is 1. The van der Waals surface area contributed by atoms with Gasteiger partial charge >= 0.3 is 0 Å². The van der Waals surface area contributed by atoms with E-state index in [-0.39, 0.29) is 0 Å². The summed E-state index contributed by atoms with van der Waals surface area (Å²) in [4.78, 5) is 12.8. The molecule has 1 aliphatic rings. The summed E-state index contributed by atoms with van der Waals surface area (Å²) >= 11 is 0. The quantitative estimate of drug-likeness (QED) is 0.760. The number of benzene rings is 1. The minimum absolute atomic E-state index is 0.516. The zero-order valence-electron chi connectivity index (χ0n) is 8.65. The fourth-order valence-electron chi connectivity index (χ4n) is 1.84. The Hall–Kier alpha value is -1.26. The van der Waals surface area contributed by atoms with Gasteiger partial charge in [-0.25, -0.2) is 0 Å². The Morgan fingerprint density at radius 1 is 1.33 bits per heavy atom. The van der Waals surface area contributed by atoms with Gasteiger partial charge in [0.15, 0.2) is 0 Å². The van der Waals surface area contributed by atoms with Gasteiger partial charge in [-0.3, -0.25) is 4.90 Å². The predicted octanol–water partition coefficient (Wildman–Crippen LogP) is 1.49. The van der Waals surface area contributed by atoms with E-state index in [0.29, 0.717) is 5.69 Å². The maximum absolute atomic E-state index is 10.4. The lowest BCUT2D eigenvalue weighted by Gasteiger charge is -2.27. The van der Waals surface area contributed by atoms with E-state index in [9.17, 15) is 4.91 Å². The molecule has 0 amide bonds. The molecule has 0 aromatic heterocycles. The molecule has 2 rings (SSSR count). The molecule has 0 spiro atoms. The second-order valence-electron chi connectivity index (χ2n) is 3.79. The molecule has 4 nitrogen and oxygen atoms in total. The summed E-state index contributed by atoms with van der Waals surface area (Å²) < 4.78 is 0. The first-order chi connectivity index (χ1) is 7.38. The van der Waals surface area contributed by atoms with Gasteiger partial charge in [0.25, 0.3) is 0 Å². The van der Waals surface area contributed by atoms with Crippen molar-refractivity contribution in [2.45, 2.75) is 6.54 Å². The fraction of sp³-hybridized carbons (Fsp3) is 0.455. The van der Waals surface area contributed by atoms with Crippen LogP contribution in [0.4, 0.5) is 5.69 Å². The average Bonchev–Trinajstić information content (AvgIpc) is 2.31. The Labute approximate surface area is 89.3 Å².